The third kappa shape index (κ3) is 5.65. The average molecular weight is 390 g/mol. The van der Waals surface area contributed by atoms with Gasteiger partial charge in [0.2, 0.25) is 6.04 Å². The fraction of sp³-hybridized carbons (Fsp3) is 0.250. The number of ether oxygens (including phenoxy) is 1. The molecular formula is C24H26N2O3. The molecule has 0 saturated carbocycles. The molecule has 0 aliphatic rings. The van der Waals surface area contributed by atoms with Gasteiger partial charge >= 0.3 is 0 Å². The Bertz CT molecular complexity index is 900. The van der Waals surface area contributed by atoms with E-state index in [0.29, 0.717) is 19.4 Å². The van der Waals surface area contributed by atoms with Crippen molar-refractivity contribution in [2.24, 2.45) is 0 Å². The molecule has 3 aromatic rings. The summed E-state index contributed by atoms with van der Waals surface area (Å²) in [6.07, 6.45) is 1.11. The molecule has 0 spiro atoms. The SMILES string of the molecule is COc1ccccc1CN[C@@H](c1ccccc1)[C@@H](CCc1ccccc1)[N+](=O)[O-]. The molecule has 0 aromatic heterocycles. The van der Waals surface area contributed by atoms with Crippen molar-refractivity contribution in [3.63, 3.8) is 0 Å². The van der Waals surface area contributed by atoms with Gasteiger partial charge in [-0.15, -0.1) is 0 Å². The minimum atomic E-state index is -0.743. The number of benzene rings is 3. The van der Waals surface area contributed by atoms with Crippen LogP contribution in [-0.2, 0) is 13.0 Å². The van der Waals surface area contributed by atoms with Gasteiger partial charge in [0.05, 0.1) is 7.11 Å². The maximum absolute atomic E-state index is 12.0. The molecule has 150 valence electrons. The lowest BCUT2D eigenvalue weighted by Crippen LogP contribution is -2.37. The highest BCUT2D eigenvalue weighted by Crippen LogP contribution is 2.25. The lowest BCUT2D eigenvalue weighted by atomic mass is 9.94. The second-order valence-electron chi connectivity index (χ2n) is 6.96. The van der Waals surface area contributed by atoms with Gasteiger partial charge in [-0.05, 0) is 23.6 Å². The van der Waals surface area contributed by atoms with Crippen molar-refractivity contribution in [2.45, 2.75) is 31.5 Å². The predicted molar refractivity (Wildman–Crippen MR) is 115 cm³/mol. The Kier molecular flexibility index (Phi) is 7.36. The first kappa shape index (κ1) is 20.6. The maximum atomic E-state index is 12.0. The molecule has 29 heavy (non-hydrogen) atoms. The summed E-state index contributed by atoms with van der Waals surface area (Å²) in [6.45, 7) is 0.485. The van der Waals surface area contributed by atoms with E-state index in [9.17, 15) is 10.1 Å². The summed E-state index contributed by atoms with van der Waals surface area (Å²) in [7, 11) is 1.63. The first-order valence-electron chi connectivity index (χ1n) is 9.76. The molecule has 2 atom stereocenters. The van der Waals surface area contributed by atoms with Crippen LogP contribution in [0.15, 0.2) is 84.9 Å². The van der Waals surface area contributed by atoms with E-state index in [1.165, 1.54) is 0 Å². The van der Waals surface area contributed by atoms with E-state index in [4.69, 9.17) is 4.74 Å². The van der Waals surface area contributed by atoms with Gasteiger partial charge in [0.1, 0.15) is 11.8 Å². The zero-order valence-electron chi connectivity index (χ0n) is 16.5. The van der Waals surface area contributed by atoms with Crippen LogP contribution in [0.5, 0.6) is 5.75 Å². The topological polar surface area (TPSA) is 64.4 Å². The van der Waals surface area contributed by atoms with E-state index in [0.717, 1.165) is 22.4 Å². The van der Waals surface area contributed by atoms with Crippen LogP contribution in [0.3, 0.4) is 0 Å². The summed E-state index contributed by atoms with van der Waals surface area (Å²) in [5, 5.41) is 15.4. The fourth-order valence-corrected chi connectivity index (χ4v) is 3.56. The molecule has 3 rings (SSSR count). The van der Waals surface area contributed by atoms with E-state index in [-0.39, 0.29) is 4.92 Å². The number of methoxy groups -OCH3 is 1. The van der Waals surface area contributed by atoms with Gasteiger partial charge in [-0.2, -0.15) is 0 Å². The molecule has 0 amide bonds. The van der Waals surface area contributed by atoms with Crippen molar-refractivity contribution in [1.29, 1.82) is 0 Å². The highest BCUT2D eigenvalue weighted by molar-refractivity contribution is 5.33. The molecule has 0 bridgehead atoms. The zero-order valence-corrected chi connectivity index (χ0v) is 16.5. The minimum Gasteiger partial charge on any atom is -0.496 e. The molecule has 0 fully saturated rings. The number of nitrogens with zero attached hydrogens (tertiary/aromatic N) is 1. The normalized spacial score (nSPS) is 12.9. The third-order valence-corrected chi connectivity index (χ3v) is 5.09. The molecule has 0 saturated heterocycles. The van der Waals surface area contributed by atoms with Crippen molar-refractivity contribution in [2.75, 3.05) is 7.11 Å². The third-order valence-electron chi connectivity index (χ3n) is 5.09. The highest BCUT2D eigenvalue weighted by atomic mass is 16.6. The Balaban J connectivity index is 1.81. The zero-order chi connectivity index (χ0) is 20.5. The van der Waals surface area contributed by atoms with Crippen LogP contribution >= 0.6 is 0 Å². The Morgan fingerprint density at radius 2 is 1.55 bits per heavy atom. The molecule has 0 radical (unpaired) electrons. The second-order valence-corrected chi connectivity index (χ2v) is 6.96. The summed E-state index contributed by atoms with van der Waals surface area (Å²) in [5.41, 5.74) is 2.99. The van der Waals surface area contributed by atoms with E-state index in [2.05, 4.69) is 5.32 Å². The monoisotopic (exact) mass is 390 g/mol. The number of hydrogen-bond acceptors (Lipinski definition) is 4. The molecule has 0 aliphatic carbocycles. The van der Waals surface area contributed by atoms with Gasteiger partial charge in [0, 0.05) is 23.5 Å². The lowest BCUT2D eigenvalue weighted by Gasteiger charge is -2.23. The van der Waals surface area contributed by atoms with Crippen LogP contribution in [0.2, 0.25) is 0 Å². The standard InChI is InChI=1S/C24H26N2O3/c1-29-23-15-9-8-14-21(23)18-25-24(20-12-6-3-7-13-20)22(26(27)28)17-16-19-10-4-2-5-11-19/h2-15,22,24-25H,16-18H2,1H3/t22-,24+/m1/s1. The molecule has 3 aromatic carbocycles. The van der Waals surface area contributed by atoms with Gasteiger partial charge < -0.3 is 10.1 Å². The van der Waals surface area contributed by atoms with Gasteiger partial charge in [0.15, 0.2) is 0 Å². The van der Waals surface area contributed by atoms with Crippen molar-refractivity contribution in [3.8, 4) is 5.75 Å². The molecule has 0 unspecified atom stereocenters. The summed E-state index contributed by atoms with van der Waals surface area (Å²) in [6, 6.07) is 26.1. The second kappa shape index (κ2) is 10.4. The Morgan fingerprint density at radius 3 is 2.21 bits per heavy atom. The number of para-hydroxylation sites is 1. The van der Waals surface area contributed by atoms with Crippen LogP contribution < -0.4 is 10.1 Å². The quantitative estimate of drug-likeness (QED) is 0.399. The van der Waals surface area contributed by atoms with E-state index in [1.54, 1.807) is 7.11 Å². The largest absolute Gasteiger partial charge is 0.496 e. The Morgan fingerprint density at radius 1 is 0.931 bits per heavy atom. The van der Waals surface area contributed by atoms with E-state index < -0.39 is 12.1 Å². The number of aryl methyl sites for hydroxylation is 1. The average Bonchev–Trinajstić information content (AvgIpc) is 2.77. The van der Waals surface area contributed by atoms with Crippen LogP contribution in [0.25, 0.3) is 0 Å². The number of hydrogen-bond donors (Lipinski definition) is 1. The fourth-order valence-electron chi connectivity index (χ4n) is 3.56. The molecular weight excluding hydrogens is 364 g/mol. The minimum absolute atomic E-state index is 0.157. The maximum Gasteiger partial charge on any atom is 0.232 e. The van der Waals surface area contributed by atoms with E-state index >= 15 is 0 Å². The van der Waals surface area contributed by atoms with Crippen LogP contribution in [0.1, 0.15) is 29.2 Å². The smallest absolute Gasteiger partial charge is 0.232 e. The number of nitrogens with one attached hydrogen (secondary N) is 1. The van der Waals surface area contributed by atoms with Gasteiger partial charge in [-0.1, -0.05) is 78.9 Å². The first-order valence-corrected chi connectivity index (χ1v) is 9.76. The van der Waals surface area contributed by atoms with Gasteiger partial charge in [0.25, 0.3) is 0 Å². The Hall–Kier alpha value is -3.18. The lowest BCUT2D eigenvalue weighted by molar-refractivity contribution is -0.529. The molecule has 5 nitrogen and oxygen atoms in total. The molecule has 0 aliphatic heterocycles. The van der Waals surface area contributed by atoms with E-state index in [1.807, 2.05) is 84.9 Å². The predicted octanol–water partition coefficient (Wildman–Crippen LogP) is 4.80. The van der Waals surface area contributed by atoms with Crippen LogP contribution in [-0.4, -0.2) is 18.1 Å². The molecule has 0 heterocycles. The highest BCUT2D eigenvalue weighted by Gasteiger charge is 2.32. The van der Waals surface area contributed by atoms with Crippen LogP contribution in [0.4, 0.5) is 0 Å². The van der Waals surface area contributed by atoms with Crippen molar-refractivity contribution < 1.29 is 9.66 Å². The molecule has 1 N–H and O–H groups in total. The summed E-state index contributed by atoms with van der Waals surface area (Å²) in [4.78, 5) is 11.9. The molecule has 5 heteroatoms. The van der Waals surface area contributed by atoms with Crippen molar-refractivity contribution in [3.05, 3.63) is 112 Å². The van der Waals surface area contributed by atoms with Gasteiger partial charge in [-0.25, -0.2) is 0 Å². The van der Waals surface area contributed by atoms with Crippen molar-refractivity contribution in [1.82, 2.24) is 5.32 Å². The summed E-state index contributed by atoms with van der Waals surface area (Å²) in [5.74, 6) is 0.772. The number of nitro groups is 1. The Labute approximate surface area is 171 Å². The number of rotatable bonds is 10. The summed E-state index contributed by atoms with van der Waals surface area (Å²) >= 11 is 0. The van der Waals surface area contributed by atoms with Crippen LogP contribution in [0, 0.1) is 10.1 Å². The van der Waals surface area contributed by atoms with Gasteiger partial charge in [-0.3, -0.25) is 10.1 Å². The first-order chi connectivity index (χ1) is 14.2. The summed E-state index contributed by atoms with van der Waals surface area (Å²) < 4.78 is 5.42. The van der Waals surface area contributed by atoms with Crippen molar-refractivity contribution >= 4 is 0 Å².